The van der Waals surface area contributed by atoms with Crippen LogP contribution in [0.15, 0.2) is 30.5 Å². The number of amides is 2. The monoisotopic (exact) mass is 439 g/mol. The van der Waals surface area contributed by atoms with Crippen LogP contribution >= 0.6 is 0 Å². The topological polar surface area (TPSA) is 99.2 Å². The molecular formula is C24H30FN5O2. The van der Waals surface area contributed by atoms with Gasteiger partial charge in [-0.3, -0.25) is 4.98 Å². The van der Waals surface area contributed by atoms with Crippen LogP contribution < -0.4 is 16.0 Å². The SMILES string of the molecule is CNc1cc2nc(C)c(-c3cc(NC(=O)NC[C@H](O)C(C)(C)C)c(F)cc3C)cc2cn1. The van der Waals surface area contributed by atoms with Crippen LogP contribution in [-0.2, 0) is 0 Å². The van der Waals surface area contributed by atoms with E-state index in [2.05, 4.69) is 25.9 Å². The van der Waals surface area contributed by atoms with Crippen molar-refractivity contribution in [3.8, 4) is 11.1 Å². The molecule has 0 aliphatic rings. The van der Waals surface area contributed by atoms with Gasteiger partial charge in [0.25, 0.3) is 0 Å². The van der Waals surface area contributed by atoms with Crippen LogP contribution in [0.2, 0.25) is 0 Å². The van der Waals surface area contributed by atoms with Gasteiger partial charge in [0.1, 0.15) is 11.6 Å². The summed E-state index contributed by atoms with van der Waals surface area (Å²) in [6, 6.07) is 6.25. The van der Waals surface area contributed by atoms with Crippen molar-refractivity contribution < 1.29 is 14.3 Å². The van der Waals surface area contributed by atoms with Gasteiger partial charge in [-0.15, -0.1) is 0 Å². The minimum atomic E-state index is -0.727. The van der Waals surface area contributed by atoms with Crippen LogP contribution in [0, 0.1) is 25.1 Å². The number of aryl methyl sites for hydroxylation is 2. The zero-order valence-electron chi connectivity index (χ0n) is 19.3. The number of benzene rings is 1. The van der Waals surface area contributed by atoms with Gasteiger partial charge in [-0.2, -0.15) is 0 Å². The number of aliphatic hydroxyl groups excluding tert-OH is 1. The fraction of sp³-hybridized carbons (Fsp3) is 0.375. The first-order chi connectivity index (χ1) is 15.0. The lowest BCUT2D eigenvalue weighted by Crippen LogP contribution is -2.41. The number of pyridine rings is 2. The van der Waals surface area contributed by atoms with Crippen LogP contribution in [0.4, 0.5) is 20.7 Å². The molecule has 1 atom stereocenters. The van der Waals surface area contributed by atoms with Crippen molar-refractivity contribution in [1.82, 2.24) is 15.3 Å². The highest BCUT2D eigenvalue weighted by atomic mass is 19.1. The van der Waals surface area contributed by atoms with Gasteiger partial charge in [0.15, 0.2) is 0 Å². The second-order valence-electron chi connectivity index (χ2n) is 9.00. The van der Waals surface area contributed by atoms with Crippen LogP contribution in [-0.4, -0.2) is 40.8 Å². The van der Waals surface area contributed by atoms with Gasteiger partial charge in [0, 0.05) is 42.5 Å². The summed E-state index contributed by atoms with van der Waals surface area (Å²) < 4.78 is 14.6. The van der Waals surface area contributed by atoms with Gasteiger partial charge in [-0.25, -0.2) is 14.2 Å². The predicted molar refractivity (Wildman–Crippen MR) is 126 cm³/mol. The summed E-state index contributed by atoms with van der Waals surface area (Å²) >= 11 is 0. The first kappa shape index (κ1) is 23.4. The van der Waals surface area contributed by atoms with Crippen molar-refractivity contribution in [2.75, 3.05) is 24.2 Å². The molecule has 0 fully saturated rings. The Labute approximate surface area is 187 Å². The van der Waals surface area contributed by atoms with E-state index in [4.69, 9.17) is 0 Å². The molecule has 2 heterocycles. The van der Waals surface area contributed by atoms with Crippen LogP contribution in [0.5, 0.6) is 0 Å². The number of rotatable bonds is 5. The molecule has 0 bridgehead atoms. The number of carbonyl (C=O) groups excluding carboxylic acids is 1. The first-order valence-electron chi connectivity index (χ1n) is 10.5. The highest BCUT2D eigenvalue weighted by Crippen LogP contribution is 2.32. The van der Waals surface area contributed by atoms with Gasteiger partial charge in [-0.05, 0) is 48.6 Å². The predicted octanol–water partition coefficient (Wildman–Crippen LogP) is 4.62. The normalized spacial score (nSPS) is 12.5. The molecule has 170 valence electrons. The lowest BCUT2D eigenvalue weighted by Gasteiger charge is -2.26. The Morgan fingerprint density at radius 2 is 1.88 bits per heavy atom. The smallest absolute Gasteiger partial charge is 0.319 e. The molecule has 32 heavy (non-hydrogen) atoms. The van der Waals surface area contributed by atoms with Gasteiger partial charge < -0.3 is 21.1 Å². The van der Waals surface area contributed by atoms with Crippen LogP contribution in [0.1, 0.15) is 32.0 Å². The molecular weight excluding hydrogens is 409 g/mol. The van der Waals surface area contributed by atoms with E-state index in [9.17, 15) is 14.3 Å². The highest BCUT2D eigenvalue weighted by molar-refractivity contribution is 5.92. The number of urea groups is 1. The van der Waals surface area contributed by atoms with Crippen molar-refractivity contribution in [2.45, 2.75) is 40.7 Å². The zero-order valence-corrected chi connectivity index (χ0v) is 19.3. The summed E-state index contributed by atoms with van der Waals surface area (Å²) in [5.74, 6) is 0.189. The summed E-state index contributed by atoms with van der Waals surface area (Å²) in [5, 5.41) is 19.1. The van der Waals surface area contributed by atoms with Crippen molar-refractivity contribution in [3.63, 3.8) is 0 Å². The number of carbonyl (C=O) groups is 1. The molecule has 7 nitrogen and oxygen atoms in total. The van der Waals surface area contributed by atoms with E-state index in [-0.39, 0.29) is 17.6 Å². The lowest BCUT2D eigenvalue weighted by atomic mass is 9.89. The minimum Gasteiger partial charge on any atom is -0.391 e. The van der Waals surface area contributed by atoms with E-state index < -0.39 is 18.0 Å². The van der Waals surface area contributed by atoms with Gasteiger partial charge in [0.05, 0.1) is 17.3 Å². The summed E-state index contributed by atoms with van der Waals surface area (Å²) in [6.07, 6.45) is 1.01. The second kappa shape index (κ2) is 9.08. The fourth-order valence-corrected chi connectivity index (χ4v) is 3.29. The summed E-state index contributed by atoms with van der Waals surface area (Å²) in [7, 11) is 1.80. The zero-order chi connectivity index (χ0) is 23.6. The molecule has 0 saturated heterocycles. The largest absolute Gasteiger partial charge is 0.391 e. The van der Waals surface area contributed by atoms with E-state index >= 15 is 0 Å². The molecule has 0 spiro atoms. The molecule has 0 unspecified atom stereocenters. The number of halogens is 1. The molecule has 2 aromatic heterocycles. The maximum atomic E-state index is 14.6. The number of fused-ring (bicyclic) bond motifs is 1. The van der Waals surface area contributed by atoms with Gasteiger partial charge in [-0.1, -0.05) is 20.8 Å². The Morgan fingerprint density at radius 3 is 2.53 bits per heavy atom. The Hall–Kier alpha value is -3.26. The standard InChI is InChI=1S/C24H30FN5O2/c1-13-7-18(25)20(30-23(32)28-12-21(31)24(3,4)5)9-16(13)17-8-15-11-27-22(26-6)10-19(15)29-14(17)2/h7-11,21,31H,12H2,1-6H3,(H,26,27)(H2,28,30,32)/t21-/m0/s1. The second-order valence-corrected chi connectivity index (χ2v) is 9.00. The first-order valence-corrected chi connectivity index (χ1v) is 10.5. The number of hydrogen-bond donors (Lipinski definition) is 4. The van der Waals surface area contributed by atoms with Gasteiger partial charge >= 0.3 is 6.03 Å². The lowest BCUT2D eigenvalue weighted by molar-refractivity contribution is 0.0654. The number of hydrogen-bond acceptors (Lipinski definition) is 5. The van der Waals surface area contributed by atoms with E-state index in [1.54, 1.807) is 19.3 Å². The molecule has 3 aromatic rings. The summed E-state index contributed by atoms with van der Waals surface area (Å²) in [5.41, 5.74) is 3.59. The van der Waals surface area contributed by atoms with E-state index in [0.717, 1.165) is 39.1 Å². The van der Waals surface area contributed by atoms with E-state index in [1.807, 2.05) is 46.8 Å². The third-order valence-corrected chi connectivity index (χ3v) is 5.45. The molecule has 0 saturated carbocycles. The highest BCUT2D eigenvalue weighted by Gasteiger charge is 2.22. The van der Waals surface area contributed by atoms with Crippen LogP contribution in [0.3, 0.4) is 0 Å². The quantitative estimate of drug-likeness (QED) is 0.465. The average molecular weight is 440 g/mol. The third-order valence-electron chi connectivity index (χ3n) is 5.45. The molecule has 0 aliphatic heterocycles. The fourth-order valence-electron chi connectivity index (χ4n) is 3.29. The Kier molecular flexibility index (Phi) is 6.64. The average Bonchev–Trinajstić information content (AvgIpc) is 2.72. The Balaban J connectivity index is 1.90. The van der Waals surface area contributed by atoms with Crippen molar-refractivity contribution in [2.24, 2.45) is 5.41 Å². The Bertz CT molecular complexity index is 1160. The molecule has 1 aromatic carbocycles. The van der Waals surface area contributed by atoms with Crippen molar-refractivity contribution >= 4 is 28.4 Å². The molecule has 3 rings (SSSR count). The number of aliphatic hydroxyl groups is 1. The maximum Gasteiger partial charge on any atom is 0.319 e. The van der Waals surface area contributed by atoms with Crippen molar-refractivity contribution in [3.05, 3.63) is 47.5 Å². The minimum absolute atomic E-state index is 0.0523. The molecule has 0 radical (unpaired) electrons. The van der Waals surface area contributed by atoms with Crippen LogP contribution in [0.25, 0.3) is 22.0 Å². The number of nitrogens with one attached hydrogen (secondary N) is 3. The number of nitrogens with zero attached hydrogens (tertiary/aromatic N) is 2. The number of anilines is 2. The van der Waals surface area contributed by atoms with Gasteiger partial charge in [0.2, 0.25) is 0 Å². The Morgan fingerprint density at radius 1 is 1.16 bits per heavy atom. The van der Waals surface area contributed by atoms with Crippen molar-refractivity contribution in [1.29, 1.82) is 0 Å². The molecule has 2 amide bonds. The van der Waals surface area contributed by atoms with E-state index in [0.29, 0.717) is 0 Å². The third kappa shape index (κ3) is 5.13. The van der Waals surface area contributed by atoms with E-state index in [1.165, 1.54) is 6.07 Å². The number of aromatic nitrogens is 2. The maximum absolute atomic E-state index is 14.6. The molecule has 0 aliphatic carbocycles. The molecule has 4 N–H and O–H groups in total. The molecule has 8 heteroatoms. The summed E-state index contributed by atoms with van der Waals surface area (Å²) in [6.45, 7) is 9.39. The summed E-state index contributed by atoms with van der Waals surface area (Å²) in [4.78, 5) is 21.3.